The van der Waals surface area contributed by atoms with Crippen LogP contribution in [0.1, 0.15) is 47.1 Å². The van der Waals surface area contributed by atoms with E-state index in [0.717, 1.165) is 0 Å². The lowest BCUT2D eigenvalue weighted by Gasteiger charge is -2.27. The molecule has 0 aliphatic carbocycles. The van der Waals surface area contributed by atoms with E-state index in [0.29, 0.717) is 37.7 Å². The topological polar surface area (TPSA) is 104 Å². The molecular weight excluding hydrogens is 360 g/mol. The minimum absolute atomic E-state index is 0.178. The summed E-state index contributed by atoms with van der Waals surface area (Å²) in [6, 6.07) is 0. The number of hydrogen-bond acceptors (Lipinski definition) is 5. The van der Waals surface area contributed by atoms with Gasteiger partial charge in [-0.05, 0) is 41.5 Å². The minimum Gasteiger partial charge on any atom is -0.444 e. The van der Waals surface area contributed by atoms with E-state index in [2.05, 4.69) is 20.7 Å². The summed E-state index contributed by atoms with van der Waals surface area (Å²) in [6.45, 7) is 13.5. The first-order valence-electron chi connectivity index (χ1n) is 9.70. The number of aromatic nitrogens is 2. The SMILES string of the molecule is CCNC(=NCC(C)(O)c1cnn(C)c1)NCCN(CC)C(=O)OC(C)(C)C. The fourth-order valence-corrected chi connectivity index (χ4v) is 2.38. The van der Waals surface area contributed by atoms with Gasteiger partial charge in [0, 0.05) is 45.0 Å². The van der Waals surface area contributed by atoms with Gasteiger partial charge in [-0.25, -0.2) is 9.79 Å². The number of ether oxygens (including phenoxy) is 1. The van der Waals surface area contributed by atoms with Crippen LogP contribution < -0.4 is 10.6 Å². The maximum absolute atomic E-state index is 12.2. The summed E-state index contributed by atoms with van der Waals surface area (Å²) < 4.78 is 7.06. The molecule has 9 nitrogen and oxygen atoms in total. The van der Waals surface area contributed by atoms with Gasteiger partial charge in [-0.15, -0.1) is 0 Å². The van der Waals surface area contributed by atoms with Crippen LogP contribution in [0.15, 0.2) is 17.4 Å². The highest BCUT2D eigenvalue weighted by Gasteiger charge is 2.25. The van der Waals surface area contributed by atoms with Crippen molar-refractivity contribution in [1.29, 1.82) is 0 Å². The number of aryl methyl sites for hydroxylation is 1. The lowest BCUT2D eigenvalue weighted by Crippen LogP contribution is -2.44. The second kappa shape index (κ2) is 10.3. The summed E-state index contributed by atoms with van der Waals surface area (Å²) in [4.78, 5) is 18.3. The number of carbonyl (C=O) groups is 1. The summed E-state index contributed by atoms with van der Waals surface area (Å²) >= 11 is 0. The minimum atomic E-state index is -1.12. The summed E-state index contributed by atoms with van der Waals surface area (Å²) in [7, 11) is 1.80. The molecular formula is C19H36N6O3. The molecule has 0 saturated heterocycles. The van der Waals surface area contributed by atoms with E-state index in [1.165, 1.54) is 0 Å². The molecule has 1 aromatic rings. The van der Waals surface area contributed by atoms with Crippen molar-refractivity contribution in [2.24, 2.45) is 12.0 Å². The molecule has 3 N–H and O–H groups in total. The number of likely N-dealkylation sites (N-methyl/N-ethyl adjacent to an activating group) is 1. The molecule has 1 amide bonds. The van der Waals surface area contributed by atoms with Gasteiger partial charge < -0.3 is 25.4 Å². The lowest BCUT2D eigenvalue weighted by atomic mass is 10.0. The Bertz CT molecular complexity index is 648. The second-order valence-electron chi connectivity index (χ2n) is 7.86. The zero-order valence-corrected chi connectivity index (χ0v) is 18.2. The van der Waals surface area contributed by atoms with Crippen molar-refractivity contribution in [3.05, 3.63) is 18.0 Å². The molecule has 0 aliphatic heterocycles. The second-order valence-corrected chi connectivity index (χ2v) is 7.86. The average Bonchev–Trinajstić information content (AvgIpc) is 3.02. The van der Waals surface area contributed by atoms with Gasteiger partial charge in [0.25, 0.3) is 0 Å². The number of hydrogen-bond donors (Lipinski definition) is 3. The van der Waals surface area contributed by atoms with Gasteiger partial charge in [0.2, 0.25) is 0 Å². The van der Waals surface area contributed by atoms with Gasteiger partial charge in [0.15, 0.2) is 5.96 Å². The highest BCUT2D eigenvalue weighted by Crippen LogP contribution is 2.19. The molecule has 0 aromatic carbocycles. The molecule has 0 bridgehead atoms. The van der Waals surface area contributed by atoms with Crippen LogP contribution in [0.2, 0.25) is 0 Å². The molecule has 1 atom stereocenters. The number of rotatable bonds is 8. The highest BCUT2D eigenvalue weighted by atomic mass is 16.6. The number of guanidine groups is 1. The van der Waals surface area contributed by atoms with Gasteiger partial charge in [0.1, 0.15) is 11.2 Å². The quantitative estimate of drug-likeness (QED) is 0.454. The van der Waals surface area contributed by atoms with Crippen LogP contribution in [-0.4, -0.2) is 70.2 Å². The molecule has 0 spiro atoms. The molecule has 28 heavy (non-hydrogen) atoms. The van der Waals surface area contributed by atoms with Crippen molar-refractivity contribution in [2.75, 3.05) is 32.7 Å². The Morgan fingerprint density at radius 1 is 1.32 bits per heavy atom. The molecule has 0 radical (unpaired) electrons. The van der Waals surface area contributed by atoms with Gasteiger partial charge in [-0.3, -0.25) is 4.68 Å². The number of carbonyl (C=O) groups excluding carboxylic acids is 1. The lowest BCUT2D eigenvalue weighted by molar-refractivity contribution is 0.0264. The number of aliphatic imine (C=N–C) groups is 1. The molecule has 9 heteroatoms. The largest absolute Gasteiger partial charge is 0.444 e. The third-order valence-corrected chi connectivity index (χ3v) is 3.92. The van der Waals surface area contributed by atoms with Crippen molar-refractivity contribution in [2.45, 2.75) is 52.7 Å². The molecule has 0 fully saturated rings. The number of nitrogens with zero attached hydrogens (tertiary/aromatic N) is 4. The van der Waals surface area contributed by atoms with E-state index in [9.17, 15) is 9.90 Å². The normalized spacial score (nSPS) is 14.4. The first-order chi connectivity index (χ1) is 13.0. The van der Waals surface area contributed by atoms with Crippen molar-refractivity contribution < 1.29 is 14.6 Å². The monoisotopic (exact) mass is 396 g/mol. The highest BCUT2D eigenvalue weighted by molar-refractivity contribution is 5.79. The third-order valence-electron chi connectivity index (χ3n) is 3.92. The maximum Gasteiger partial charge on any atom is 0.410 e. The van der Waals surface area contributed by atoms with Gasteiger partial charge >= 0.3 is 6.09 Å². The van der Waals surface area contributed by atoms with E-state index >= 15 is 0 Å². The molecule has 1 heterocycles. The van der Waals surface area contributed by atoms with E-state index in [1.807, 2.05) is 34.6 Å². The van der Waals surface area contributed by atoms with E-state index in [4.69, 9.17) is 4.74 Å². The van der Waals surface area contributed by atoms with Crippen molar-refractivity contribution >= 4 is 12.1 Å². The summed E-state index contributed by atoms with van der Waals surface area (Å²) in [6.07, 6.45) is 3.07. The fourth-order valence-electron chi connectivity index (χ4n) is 2.38. The summed E-state index contributed by atoms with van der Waals surface area (Å²) in [5.41, 5.74) is -0.939. The maximum atomic E-state index is 12.2. The zero-order chi connectivity index (χ0) is 21.4. The van der Waals surface area contributed by atoms with Crippen molar-refractivity contribution in [3.8, 4) is 0 Å². The Morgan fingerprint density at radius 3 is 2.50 bits per heavy atom. The predicted octanol–water partition coefficient (Wildman–Crippen LogP) is 1.44. The van der Waals surface area contributed by atoms with Crippen LogP contribution in [0.25, 0.3) is 0 Å². The summed E-state index contributed by atoms with van der Waals surface area (Å²) in [5.74, 6) is 0.576. The van der Waals surface area contributed by atoms with Gasteiger partial charge in [-0.2, -0.15) is 5.10 Å². The Kier molecular flexibility index (Phi) is 8.74. The van der Waals surface area contributed by atoms with E-state index in [-0.39, 0.29) is 12.6 Å². The average molecular weight is 397 g/mol. The van der Waals surface area contributed by atoms with Crippen LogP contribution in [0.5, 0.6) is 0 Å². The van der Waals surface area contributed by atoms with Gasteiger partial charge in [0.05, 0.1) is 12.7 Å². The van der Waals surface area contributed by atoms with Crippen molar-refractivity contribution in [3.63, 3.8) is 0 Å². The zero-order valence-electron chi connectivity index (χ0n) is 18.2. The summed E-state index contributed by atoms with van der Waals surface area (Å²) in [5, 5.41) is 21.1. The predicted molar refractivity (Wildman–Crippen MR) is 110 cm³/mol. The fraction of sp³-hybridized carbons (Fsp3) is 0.737. The standard InChI is InChI=1S/C19H36N6O3/c1-8-20-16(22-14-19(6,27)15-12-23-24(7)13-15)21-10-11-25(9-2)17(26)28-18(3,4)5/h12-13,27H,8-11,14H2,1-7H3,(H2,20,21,22). The Hall–Kier alpha value is -2.29. The smallest absolute Gasteiger partial charge is 0.410 e. The van der Waals surface area contributed by atoms with Gasteiger partial charge in [-0.1, -0.05) is 0 Å². The molecule has 0 saturated carbocycles. The Labute approximate surface area is 168 Å². The molecule has 0 aliphatic rings. The van der Waals surface area contributed by atoms with Crippen LogP contribution in [-0.2, 0) is 17.4 Å². The number of nitrogens with one attached hydrogen (secondary N) is 2. The third kappa shape index (κ3) is 8.16. The van der Waals surface area contributed by atoms with E-state index in [1.54, 1.807) is 35.9 Å². The molecule has 1 unspecified atom stereocenters. The molecule has 1 aromatic heterocycles. The Balaban J connectivity index is 2.64. The van der Waals surface area contributed by atoms with Crippen LogP contribution in [0.4, 0.5) is 4.79 Å². The van der Waals surface area contributed by atoms with Crippen LogP contribution in [0, 0.1) is 0 Å². The first kappa shape index (κ1) is 23.7. The first-order valence-corrected chi connectivity index (χ1v) is 9.70. The van der Waals surface area contributed by atoms with Crippen molar-refractivity contribution in [1.82, 2.24) is 25.3 Å². The molecule has 1 rings (SSSR count). The Morgan fingerprint density at radius 2 is 2.00 bits per heavy atom. The van der Waals surface area contributed by atoms with E-state index < -0.39 is 11.2 Å². The van der Waals surface area contributed by atoms with Crippen LogP contribution in [0.3, 0.4) is 0 Å². The van der Waals surface area contributed by atoms with Crippen LogP contribution >= 0.6 is 0 Å². The number of amides is 1. The molecule has 160 valence electrons. The number of aliphatic hydroxyl groups is 1.